The molecule has 5 aromatic rings. The summed E-state index contributed by atoms with van der Waals surface area (Å²) in [4.78, 5) is 45.5. The molecule has 3 heterocycles. The van der Waals surface area contributed by atoms with E-state index in [2.05, 4.69) is 20.6 Å². The SMILES string of the molecule is CCOC(=O)Cc1coc(-c2cc3nccc(Oc4ccc(NC(=O)CC(=O)Nc5ccccc5)cc4F)c3s2)n1. The summed E-state index contributed by atoms with van der Waals surface area (Å²) >= 11 is 1.29. The number of fused-ring (bicyclic) bond motifs is 1. The van der Waals surface area contributed by atoms with E-state index in [1.165, 1.54) is 35.9 Å². The number of para-hydroxylation sites is 1. The maximum Gasteiger partial charge on any atom is 0.311 e. The number of nitrogens with one attached hydrogen (secondary N) is 2. The molecule has 0 aliphatic rings. The van der Waals surface area contributed by atoms with Crippen LogP contribution in [0.2, 0.25) is 0 Å². The van der Waals surface area contributed by atoms with Gasteiger partial charge in [-0.15, -0.1) is 11.3 Å². The van der Waals surface area contributed by atoms with E-state index in [-0.39, 0.29) is 24.5 Å². The fraction of sp³-hybridized carbons (Fsp3) is 0.138. The highest BCUT2D eigenvalue weighted by molar-refractivity contribution is 7.22. The number of hydrogen-bond acceptors (Lipinski definition) is 9. The molecule has 2 N–H and O–H groups in total. The Labute approximate surface area is 237 Å². The summed E-state index contributed by atoms with van der Waals surface area (Å²) in [6, 6.07) is 16.1. The molecule has 2 aromatic carbocycles. The third kappa shape index (κ3) is 6.92. The van der Waals surface area contributed by atoms with Crippen LogP contribution < -0.4 is 15.4 Å². The van der Waals surface area contributed by atoms with Crippen LogP contribution in [0.5, 0.6) is 11.5 Å². The molecule has 0 aliphatic carbocycles. The van der Waals surface area contributed by atoms with E-state index in [0.29, 0.717) is 38.1 Å². The monoisotopic (exact) mass is 574 g/mol. The lowest BCUT2D eigenvalue weighted by molar-refractivity contribution is -0.142. The van der Waals surface area contributed by atoms with Crippen LogP contribution in [-0.2, 0) is 25.5 Å². The van der Waals surface area contributed by atoms with Crippen LogP contribution in [0.1, 0.15) is 19.0 Å². The molecule has 10 nitrogen and oxygen atoms in total. The number of thiophene rings is 1. The van der Waals surface area contributed by atoms with Crippen molar-refractivity contribution in [3.8, 4) is 22.3 Å². The number of carbonyl (C=O) groups excluding carboxylic acids is 3. The van der Waals surface area contributed by atoms with Gasteiger partial charge in [0.25, 0.3) is 0 Å². The number of hydrogen-bond donors (Lipinski definition) is 2. The zero-order valence-corrected chi connectivity index (χ0v) is 22.5. The molecule has 3 aromatic heterocycles. The summed E-state index contributed by atoms with van der Waals surface area (Å²) in [5.41, 5.74) is 1.77. The van der Waals surface area contributed by atoms with Crippen molar-refractivity contribution in [2.45, 2.75) is 19.8 Å². The Morgan fingerprint density at radius 1 is 0.976 bits per heavy atom. The highest BCUT2D eigenvalue weighted by Gasteiger charge is 2.17. The maximum atomic E-state index is 14.9. The van der Waals surface area contributed by atoms with E-state index in [9.17, 15) is 18.8 Å². The zero-order valence-electron chi connectivity index (χ0n) is 21.7. The summed E-state index contributed by atoms with van der Waals surface area (Å²) < 4.78 is 31.9. The molecule has 0 fully saturated rings. The van der Waals surface area contributed by atoms with Crippen LogP contribution in [0, 0.1) is 5.82 Å². The Bertz CT molecular complexity index is 1720. The fourth-order valence-electron chi connectivity index (χ4n) is 3.82. The first-order valence-corrected chi connectivity index (χ1v) is 13.3. The minimum absolute atomic E-state index is 0.00848. The summed E-state index contributed by atoms with van der Waals surface area (Å²) in [6.07, 6.45) is 2.49. The topological polar surface area (TPSA) is 133 Å². The van der Waals surface area contributed by atoms with Gasteiger partial charge in [-0.25, -0.2) is 9.37 Å². The van der Waals surface area contributed by atoms with Gasteiger partial charge in [0.1, 0.15) is 18.4 Å². The van der Waals surface area contributed by atoms with Gasteiger partial charge in [0.2, 0.25) is 17.7 Å². The molecule has 41 heavy (non-hydrogen) atoms. The Morgan fingerprint density at radius 2 is 1.76 bits per heavy atom. The molecule has 12 heteroatoms. The van der Waals surface area contributed by atoms with Crippen LogP contribution >= 0.6 is 11.3 Å². The highest BCUT2D eigenvalue weighted by atomic mass is 32.1. The summed E-state index contributed by atoms with van der Waals surface area (Å²) in [5, 5.41) is 5.13. The molecule has 0 saturated heterocycles. The molecule has 5 rings (SSSR count). The van der Waals surface area contributed by atoms with Crippen molar-refractivity contribution in [2.24, 2.45) is 0 Å². The van der Waals surface area contributed by atoms with Gasteiger partial charge in [-0.1, -0.05) is 18.2 Å². The van der Waals surface area contributed by atoms with Crippen molar-refractivity contribution in [3.05, 3.63) is 84.6 Å². The van der Waals surface area contributed by atoms with Crippen LogP contribution in [-0.4, -0.2) is 34.4 Å². The molecule has 0 saturated carbocycles. The number of rotatable bonds is 10. The smallest absolute Gasteiger partial charge is 0.311 e. The molecule has 0 bridgehead atoms. The number of carbonyl (C=O) groups is 3. The minimum Gasteiger partial charge on any atom is -0.466 e. The number of aromatic nitrogens is 2. The highest BCUT2D eigenvalue weighted by Crippen LogP contribution is 2.39. The molecule has 2 amide bonds. The normalized spacial score (nSPS) is 10.8. The third-order valence-corrected chi connectivity index (χ3v) is 6.71. The van der Waals surface area contributed by atoms with Gasteiger partial charge < -0.3 is 24.5 Å². The van der Waals surface area contributed by atoms with E-state index in [1.807, 2.05) is 6.07 Å². The average molecular weight is 575 g/mol. The van der Waals surface area contributed by atoms with Gasteiger partial charge in [0.15, 0.2) is 11.6 Å². The molecule has 0 atom stereocenters. The number of benzene rings is 2. The maximum absolute atomic E-state index is 14.9. The number of amides is 2. The van der Waals surface area contributed by atoms with E-state index in [1.54, 1.807) is 43.3 Å². The van der Waals surface area contributed by atoms with Gasteiger partial charge in [-0.05, 0) is 37.3 Å². The zero-order chi connectivity index (χ0) is 28.8. The second kappa shape index (κ2) is 12.4. The first-order valence-electron chi connectivity index (χ1n) is 12.5. The van der Waals surface area contributed by atoms with E-state index >= 15 is 0 Å². The molecule has 0 spiro atoms. The van der Waals surface area contributed by atoms with Gasteiger partial charge in [-0.3, -0.25) is 19.4 Å². The second-order valence-electron chi connectivity index (χ2n) is 8.65. The Hall–Kier alpha value is -5.10. The second-order valence-corrected chi connectivity index (χ2v) is 9.70. The Balaban J connectivity index is 1.25. The van der Waals surface area contributed by atoms with Gasteiger partial charge in [-0.2, -0.15) is 0 Å². The summed E-state index contributed by atoms with van der Waals surface area (Å²) in [5.74, 6) is -1.60. The van der Waals surface area contributed by atoms with Crippen molar-refractivity contribution in [2.75, 3.05) is 17.2 Å². The number of anilines is 2. The lowest BCUT2D eigenvalue weighted by Gasteiger charge is -2.10. The van der Waals surface area contributed by atoms with E-state index < -0.39 is 30.0 Å². The number of halogens is 1. The largest absolute Gasteiger partial charge is 0.466 e. The molecular formula is C29H23FN4O6S. The van der Waals surface area contributed by atoms with Crippen LogP contribution in [0.3, 0.4) is 0 Å². The molecular weight excluding hydrogens is 551 g/mol. The van der Waals surface area contributed by atoms with Crippen molar-refractivity contribution < 1.29 is 32.7 Å². The first-order chi connectivity index (χ1) is 19.9. The quantitative estimate of drug-likeness (QED) is 0.154. The van der Waals surface area contributed by atoms with E-state index in [4.69, 9.17) is 13.9 Å². The van der Waals surface area contributed by atoms with Crippen LogP contribution in [0.4, 0.5) is 15.8 Å². The molecule has 208 valence electrons. The number of ether oxygens (including phenoxy) is 2. The standard InChI is InChI=1S/C29H23FN4O6S/c1-2-38-27(37)13-19-16-39-29(34-19)24-14-21-28(41-24)23(10-11-31-21)40-22-9-8-18(12-20(22)30)33-26(36)15-25(35)32-17-6-4-3-5-7-17/h3-12,14,16H,2,13,15H2,1H3,(H,32,35)(H,33,36). The predicted octanol–water partition coefficient (Wildman–Crippen LogP) is 5.96. The van der Waals surface area contributed by atoms with E-state index in [0.717, 1.165) is 6.07 Å². The van der Waals surface area contributed by atoms with Crippen molar-refractivity contribution in [1.82, 2.24) is 9.97 Å². The number of oxazole rings is 1. The summed E-state index contributed by atoms with van der Waals surface area (Å²) in [7, 11) is 0. The number of pyridine rings is 1. The molecule has 0 radical (unpaired) electrons. The lowest BCUT2D eigenvalue weighted by atomic mass is 10.2. The Kier molecular flexibility index (Phi) is 8.30. The van der Waals surface area contributed by atoms with Crippen LogP contribution in [0.15, 0.2) is 77.5 Å². The Morgan fingerprint density at radius 3 is 2.51 bits per heavy atom. The number of esters is 1. The first kappa shape index (κ1) is 27.5. The summed E-state index contributed by atoms with van der Waals surface area (Å²) in [6.45, 7) is 2.00. The van der Waals surface area contributed by atoms with Gasteiger partial charge >= 0.3 is 5.97 Å². The van der Waals surface area contributed by atoms with Crippen LogP contribution in [0.25, 0.3) is 21.0 Å². The van der Waals surface area contributed by atoms with Crippen molar-refractivity contribution in [3.63, 3.8) is 0 Å². The van der Waals surface area contributed by atoms with Crippen molar-refractivity contribution in [1.29, 1.82) is 0 Å². The van der Waals surface area contributed by atoms with Crippen molar-refractivity contribution >= 4 is 50.7 Å². The predicted molar refractivity (Wildman–Crippen MR) is 150 cm³/mol. The molecule has 0 unspecified atom stereocenters. The van der Waals surface area contributed by atoms with Gasteiger partial charge in [0.05, 0.1) is 33.8 Å². The minimum atomic E-state index is -0.713. The molecule has 0 aliphatic heterocycles. The lowest BCUT2D eigenvalue weighted by Crippen LogP contribution is -2.21. The van der Waals surface area contributed by atoms with Gasteiger partial charge in [0, 0.05) is 29.7 Å². The number of nitrogens with zero attached hydrogens (tertiary/aromatic N) is 2. The average Bonchev–Trinajstić information content (AvgIpc) is 3.58. The fourth-order valence-corrected chi connectivity index (χ4v) is 4.82. The third-order valence-electron chi connectivity index (χ3n) is 5.58.